The molecule has 0 bridgehead atoms. The lowest BCUT2D eigenvalue weighted by molar-refractivity contribution is -0.125. The monoisotopic (exact) mass is 360 g/mol. The number of halogens is 2. The van der Waals surface area contributed by atoms with Crippen LogP contribution in [0.5, 0.6) is 0 Å². The van der Waals surface area contributed by atoms with Crippen molar-refractivity contribution in [2.24, 2.45) is 0 Å². The topological polar surface area (TPSA) is 40.6 Å². The number of fused-ring (bicyclic) bond motifs is 1. The predicted molar refractivity (Wildman–Crippen MR) is 97.0 cm³/mol. The lowest BCUT2D eigenvalue weighted by Crippen LogP contribution is -2.36. The van der Waals surface area contributed by atoms with E-state index in [-0.39, 0.29) is 18.2 Å². The van der Waals surface area contributed by atoms with Crippen LogP contribution in [0.25, 0.3) is 0 Å². The number of anilines is 3. The van der Waals surface area contributed by atoms with Crippen LogP contribution in [0, 0.1) is 0 Å². The second-order valence-electron chi connectivity index (χ2n) is 5.25. The maximum Gasteiger partial charge on any atom is 0.241 e. The summed E-state index contributed by atoms with van der Waals surface area (Å²) in [4.78, 5) is 28.1. The first-order chi connectivity index (χ1) is 11.5. The van der Waals surface area contributed by atoms with Gasteiger partial charge >= 0.3 is 0 Å². The minimum absolute atomic E-state index is 0.293. The first-order valence-electron chi connectivity index (χ1n) is 7.29. The molecule has 1 heterocycles. The van der Waals surface area contributed by atoms with Gasteiger partial charge in [0.2, 0.25) is 11.8 Å². The van der Waals surface area contributed by atoms with Crippen molar-refractivity contribution in [3.63, 3.8) is 0 Å². The Kier molecular flexibility index (Phi) is 4.60. The Labute approximate surface area is 149 Å². The first kappa shape index (κ1) is 16.6. The molecule has 0 aliphatic carbocycles. The average Bonchev–Trinajstić information content (AvgIpc) is 2.67. The third kappa shape index (κ3) is 2.90. The summed E-state index contributed by atoms with van der Waals surface area (Å²) >= 11 is 12.4. The van der Waals surface area contributed by atoms with Crippen molar-refractivity contribution in [3.8, 4) is 0 Å². The molecule has 4 nitrogen and oxygen atoms in total. The van der Waals surface area contributed by atoms with Gasteiger partial charge in [-0.2, -0.15) is 0 Å². The summed E-state index contributed by atoms with van der Waals surface area (Å²) in [5.74, 6) is -0.730. The molecule has 1 aliphatic heterocycles. The summed E-state index contributed by atoms with van der Waals surface area (Å²) in [5.41, 5.74) is 0.919. The number of amides is 2. The van der Waals surface area contributed by atoms with Gasteiger partial charge in [0.15, 0.2) is 0 Å². The molecule has 0 saturated carbocycles. The van der Waals surface area contributed by atoms with E-state index in [4.69, 9.17) is 23.2 Å². The summed E-state index contributed by atoms with van der Waals surface area (Å²) < 4.78 is 0. The Bertz CT molecular complexity index is 808. The predicted octanol–water partition coefficient (Wildman–Crippen LogP) is 4.49. The molecule has 0 radical (unpaired) electrons. The Balaban J connectivity index is 2.25. The van der Waals surface area contributed by atoms with Crippen LogP contribution in [0.3, 0.4) is 0 Å². The van der Waals surface area contributed by atoms with E-state index in [1.54, 1.807) is 30.3 Å². The number of carbonyl (C=O) groups excluding carboxylic acids is 2. The molecular weight excluding hydrogens is 347 g/mol. The minimum Gasteiger partial charge on any atom is -0.289 e. The van der Waals surface area contributed by atoms with Crippen molar-refractivity contribution in [2.45, 2.75) is 11.9 Å². The number of nitrogens with zero attached hydrogens (tertiary/aromatic N) is 2. The van der Waals surface area contributed by atoms with Gasteiger partial charge in [0, 0.05) is 10.7 Å². The molecule has 0 aromatic heterocycles. The van der Waals surface area contributed by atoms with E-state index in [9.17, 15) is 9.59 Å². The van der Waals surface area contributed by atoms with E-state index < -0.39 is 5.50 Å². The number of para-hydroxylation sites is 1. The molecule has 0 saturated heterocycles. The van der Waals surface area contributed by atoms with Crippen LogP contribution in [-0.2, 0) is 9.59 Å². The average molecular weight is 361 g/mol. The summed E-state index contributed by atoms with van der Waals surface area (Å²) in [6.07, 6.45) is 1.15. The molecular formula is C18H14Cl2N2O2. The number of carbonyl (C=O) groups is 2. The zero-order valence-corrected chi connectivity index (χ0v) is 14.2. The second kappa shape index (κ2) is 6.67. The van der Waals surface area contributed by atoms with Gasteiger partial charge in [-0.3, -0.25) is 19.4 Å². The molecule has 122 valence electrons. The molecule has 0 spiro atoms. The first-order valence-corrected chi connectivity index (χ1v) is 8.10. The van der Waals surface area contributed by atoms with Gasteiger partial charge in [-0.05, 0) is 30.3 Å². The highest BCUT2D eigenvalue weighted by Gasteiger charge is 2.34. The van der Waals surface area contributed by atoms with Crippen LogP contribution < -0.4 is 9.80 Å². The zero-order valence-electron chi connectivity index (χ0n) is 12.7. The fourth-order valence-corrected chi connectivity index (χ4v) is 3.06. The highest BCUT2D eigenvalue weighted by Crippen LogP contribution is 2.40. The molecule has 1 unspecified atom stereocenters. The quantitative estimate of drug-likeness (QED) is 0.350. The summed E-state index contributed by atoms with van der Waals surface area (Å²) in [7, 11) is 0. The van der Waals surface area contributed by atoms with Crippen molar-refractivity contribution in [2.75, 3.05) is 9.80 Å². The van der Waals surface area contributed by atoms with Crippen molar-refractivity contribution < 1.29 is 9.59 Å². The van der Waals surface area contributed by atoms with Gasteiger partial charge in [0.25, 0.3) is 0 Å². The van der Waals surface area contributed by atoms with E-state index in [0.717, 1.165) is 0 Å². The SMILES string of the molecule is C=CC(Cl)N1C(=O)CC(=O)N(c2ccccc2)c2cc(Cl)ccc21. The van der Waals surface area contributed by atoms with Crippen molar-refractivity contribution >= 4 is 52.1 Å². The van der Waals surface area contributed by atoms with Gasteiger partial charge in [-0.15, -0.1) is 0 Å². The van der Waals surface area contributed by atoms with Crippen LogP contribution in [0.4, 0.5) is 17.1 Å². The molecule has 24 heavy (non-hydrogen) atoms. The van der Waals surface area contributed by atoms with Crippen LogP contribution >= 0.6 is 23.2 Å². The number of alkyl halides is 1. The third-order valence-corrected chi connectivity index (χ3v) is 4.32. The highest BCUT2D eigenvalue weighted by atomic mass is 35.5. The minimum atomic E-state index is -0.763. The number of hydrogen-bond donors (Lipinski definition) is 0. The Morgan fingerprint density at radius 3 is 2.42 bits per heavy atom. The van der Waals surface area contributed by atoms with Crippen molar-refractivity contribution in [1.29, 1.82) is 0 Å². The third-order valence-electron chi connectivity index (χ3n) is 3.71. The normalized spacial score (nSPS) is 15.8. The van der Waals surface area contributed by atoms with Gasteiger partial charge in [-0.1, -0.05) is 54.1 Å². The maximum atomic E-state index is 12.7. The van der Waals surface area contributed by atoms with Crippen molar-refractivity contribution in [1.82, 2.24) is 0 Å². The van der Waals surface area contributed by atoms with E-state index >= 15 is 0 Å². The molecule has 1 atom stereocenters. The molecule has 2 aromatic rings. The molecule has 6 heteroatoms. The molecule has 2 aromatic carbocycles. The number of benzene rings is 2. The second-order valence-corrected chi connectivity index (χ2v) is 6.13. The highest BCUT2D eigenvalue weighted by molar-refractivity contribution is 6.32. The largest absolute Gasteiger partial charge is 0.289 e. The fraction of sp³-hybridized carbons (Fsp3) is 0.111. The Morgan fingerprint density at radius 1 is 1.04 bits per heavy atom. The summed E-state index contributed by atoms with van der Waals surface area (Å²) in [6, 6.07) is 14.1. The number of rotatable bonds is 3. The van der Waals surface area contributed by atoms with Crippen molar-refractivity contribution in [3.05, 3.63) is 66.2 Å². The van der Waals surface area contributed by atoms with E-state index in [2.05, 4.69) is 6.58 Å². The summed E-state index contributed by atoms with van der Waals surface area (Å²) in [6.45, 7) is 3.64. The van der Waals surface area contributed by atoms with E-state index in [0.29, 0.717) is 22.1 Å². The van der Waals surface area contributed by atoms with E-state index in [1.807, 2.05) is 18.2 Å². The molecule has 1 aliphatic rings. The van der Waals surface area contributed by atoms with Gasteiger partial charge in [0.1, 0.15) is 11.9 Å². The zero-order chi connectivity index (χ0) is 17.3. The van der Waals surface area contributed by atoms with Crippen LogP contribution in [0.1, 0.15) is 6.42 Å². The lowest BCUT2D eigenvalue weighted by atomic mass is 10.2. The van der Waals surface area contributed by atoms with Crippen LogP contribution in [0.2, 0.25) is 5.02 Å². The summed E-state index contributed by atoms with van der Waals surface area (Å²) in [5, 5.41) is 0.460. The smallest absolute Gasteiger partial charge is 0.241 e. The molecule has 2 amide bonds. The molecule has 3 rings (SSSR count). The van der Waals surface area contributed by atoms with Crippen LogP contribution in [0.15, 0.2) is 61.2 Å². The number of hydrogen-bond acceptors (Lipinski definition) is 2. The van der Waals surface area contributed by atoms with Gasteiger partial charge in [0.05, 0.1) is 11.4 Å². The van der Waals surface area contributed by atoms with Gasteiger partial charge < -0.3 is 0 Å². The standard InChI is InChI=1S/C18H14Cl2N2O2/c1-2-16(20)22-14-9-8-12(19)10-15(14)21(17(23)11-18(22)24)13-6-4-3-5-7-13/h2-10,16H,1,11H2. The lowest BCUT2D eigenvalue weighted by Gasteiger charge is -2.27. The Morgan fingerprint density at radius 2 is 1.75 bits per heavy atom. The van der Waals surface area contributed by atoms with E-state index in [1.165, 1.54) is 15.9 Å². The Hall–Kier alpha value is -2.30. The molecule has 0 fully saturated rings. The van der Waals surface area contributed by atoms with Gasteiger partial charge in [-0.25, -0.2) is 0 Å². The molecule has 0 N–H and O–H groups in total. The fourth-order valence-electron chi connectivity index (χ4n) is 2.68. The van der Waals surface area contributed by atoms with Crippen LogP contribution in [-0.4, -0.2) is 17.3 Å². The maximum absolute atomic E-state index is 12.7.